The minimum Gasteiger partial charge on any atom is -0.478 e. The maximum atomic E-state index is 10.7. The summed E-state index contributed by atoms with van der Waals surface area (Å²) in [6.07, 6.45) is -0.727. The molecule has 92 valence electrons. The number of hydrogen-bond acceptors (Lipinski definition) is 4. The zero-order valence-electron chi connectivity index (χ0n) is 8.66. The SMILES string of the molecule is O=C(O)C1Cc2cc(CS(=O)(=O)O)ccc2O1. The van der Waals surface area contributed by atoms with Crippen molar-refractivity contribution in [3.05, 3.63) is 29.3 Å². The molecule has 2 rings (SSSR count). The molecule has 1 atom stereocenters. The number of carboxylic acids is 1. The molecule has 2 N–H and O–H groups in total. The quantitative estimate of drug-likeness (QED) is 0.764. The van der Waals surface area contributed by atoms with Crippen molar-refractivity contribution >= 4 is 16.1 Å². The van der Waals surface area contributed by atoms with Crippen molar-refractivity contribution in [2.24, 2.45) is 0 Å². The summed E-state index contributed by atoms with van der Waals surface area (Å²) >= 11 is 0. The third-order valence-electron chi connectivity index (χ3n) is 2.42. The van der Waals surface area contributed by atoms with Crippen LogP contribution in [0.3, 0.4) is 0 Å². The van der Waals surface area contributed by atoms with E-state index in [1.165, 1.54) is 18.2 Å². The number of rotatable bonds is 3. The van der Waals surface area contributed by atoms with Gasteiger partial charge in [-0.05, 0) is 17.2 Å². The van der Waals surface area contributed by atoms with Gasteiger partial charge in [0.1, 0.15) is 11.5 Å². The zero-order valence-corrected chi connectivity index (χ0v) is 9.48. The number of aliphatic carboxylic acids is 1. The van der Waals surface area contributed by atoms with Gasteiger partial charge >= 0.3 is 5.97 Å². The molecule has 0 fully saturated rings. The molecule has 1 unspecified atom stereocenters. The van der Waals surface area contributed by atoms with Crippen molar-refractivity contribution in [1.29, 1.82) is 0 Å². The summed E-state index contributed by atoms with van der Waals surface area (Å²) in [5.41, 5.74) is 1.04. The first kappa shape index (κ1) is 11.9. The fourth-order valence-electron chi connectivity index (χ4n) is 1.74. The molecule has 1 aromatic rings. The molecule has 0 saturated heterocycles. The Balaban J connectivity index is 2.24. The van der Waals surface area contributed by atoms with E-state index in [1.54, 1.807) is 0 Å². The van der Waals surface area contributed by atoms with Crippen LogP contribution in [0, 0.1) is 0 Å². The lowest BCUT2D eigenvalue weighted by Crippen LogP contribution is -2.24. The third-order valence-corrected chi connectivity index (χ3v) is 3.12. The van der Waals surface area contributed by atoms with Crippen LogP contribution in [-0.2, 0) is 27.1 Å². The van der Waals surface area contributed by atoms with Crippen LogP contribution < -0.4 is 4.74 Å². The van der Waals surface area contributed by atoms with Crippen LogP contribution in [0.25, 0.3) is 0 Å². The van der Waals surface area contributed by atoms with Gasteiger partial charge in [0.05, 0.1) is 0 Å². The Morgan fingerprint density at radius 2 is 2.18 bits per heavy atom. The van der Waals surface area contributed by atoms with Crippen LogP contribution in [0.4, 0.5) is 0 Å². The molecule has 0 amide bonds. The van der Waals surface area contributed by atoms with Crippen LogP contribution in [0.1, 0.15) is 11.1 Å². The highest BCUT2D eigenvalue weighted by molar-refractivity contribution is 7.85. The Morgan fingerprint density at radius 3 is 2.76 bits per heavy atom. The molecule has 1 aliphatic rings. The number of hydrogen-bond donors (Lipinski definition) is 2. The normalized spacial score (nSPS) is 18.5. The van der Waals surface area contributed by atoms with E-state index in [9.17, 15) is 13.2 Å². The van der Waals surface area contributed by atoms with E-state index in [4.69, 9.17) is 14.4 Å². The average Bonchev–Trinajstić information content (AvgIpc) is 2.57. The maximum absolute atomic E-state index is 10.7. The second kappa shape index (κ2) is 4.01. The van der Waals surface area contributed by atoms with Crippen LogP contribution in [-0.4, -0.2) is 30.2 Å². The first-order valence-corrected chi connectivity index (χ1v) is 6.42. The molecule has 1 heterocycles. The molecule has 0 spiro atoms. The van der Waals surface area contributed by atoms with Gasteiger partial charge in [0.15, 0.2) is 6.10 Å². The monoisotopic (exact) mass is 258 g/mol. The van der Waals surface area contributed by atoms with Gasteiger partial charge in [0.2, 0.25) is 0 Å². The molecular weight excluding hydrogens is 248 g/mol. The second-order valence-corrected chi connectivity index (χ2v) is 5.27. The van der Waals surface area contributed by atoms with Crippen LogP contribution >= 0.6 is 0 Å². The van der Waals surface area contributed by atoms with Crippen LogP contribution in [0.5, 0.6) is 5.75 Å². The highest BCUT2D eigenvalue weighted by atomic mass is 32.2. The van der Waals surface area contributed by atoms with Gasteiger partial charge in [-0.3, -0.25) is 4.55 Å². The van der Waals surface area contributed by atoms with Gasteiger partial charge in [0.25, 0.3) is 10.1 Å². The molecule has 17 heavy (non-hydrogen) atoms. The van der Waals surface area contributed by atoms with Gasteiger partial charge in [-0.15, -0.1) is 0 Å². The van der Waals surface area contributed by atoms with Gasteiger partial charge in [-0.2, -0.15) is 8.42 Å². The predicted molar refractivity (Wildman–Crippen MR) is 57.5 cm³/mol. The maximum Gasteiger partial charge on any atom is 0.345 e. The summed E-state index contributed by atoms with van der Waals surface area (Å²) in [5.74, 6) is -1.10. The lowest BCUT2D eigenvalue weighted by molar-refractivity contribution is -0.144. The molecule has 0 saturated carbocycles. The summed E-state index contributed by atoms with van der Waals surface area (Å²) in [6, 6.07) is 4.53. The van der Waals surface area contributed by atoms with Gasteiger partial charge in [0, 0.05) is 6.42 Å². The Kier molecular flexibility index (Phi) is 2.80. The van der Waals surface area contributed by atoms with Crippen molar-refractivity contribution in [3.8, 4) is 5.75 Å². The number of benzene rings is 1. The Bertz CT molecular complexity index is 562. The van der Waals surface area contributed by atoms with Crippen LogP contribution in [0.15, 0.2) is 18.2 Å². The highest BCUT2D eigenvalue weighted by Gasteiger charge is 2.28. The minimum absolute atomic E-state index is 0.198. The molecule has 7 heteroatoms. The number of carbonyl (C=O) groups is 1. The average molecular weight is 258 g/mol. The van der Waals surface area contributed by atoms with Gasteiger partial charge < -0.3 is 9.84 Å². The fraction of sp³-hybridized carbons (Fsp3) is 0.300. The molecule has 6 nitrogen and oxygen atoms in total. The van der Waals surface area contributed by atoms with Crippen molar-refractivity contribution in [2.45, 2.75) is 18.3 Å². The van der Waals surface area contributed by atoms with Crippen molar-refractivity contribution in [2.75, 3.05) is 0 Å². The standard InChI is InChI=1S/C10H10O6S/c11-10(12)9-4-7-3-6(5-17(13,14)15)1-2-8(7)16-9/h1-3,9H,4-5H2,(H,11,12)(H,13,14,15). The number of ether oxygens (including phenoxy) is 1. The largest absolute Gasteiger partial charge is 0.478 e. The van der Waals surface area contributed by atoms with Crippen LogP contribution in [0.2, 0.25) is 0 Å². The van der Waals surface area contributed by atoms with E-state index in [-0.39, 0.29) is 6.42 Å². The van der Waals surface area contributed by atoms with Gasteiger partial charge in [-0.1, -0.05) is 12.1 Å². The lowest BCUT2D eigenvalue weighted by atomic mass is 10.1. The zero-order chi connectivity index (χ0) is 12.6. The summed E-state index contributed by atoms with van der Waals surface area (Å²) in [7, 11) is -4.08. The van der Waals surface area contributed by atoms with Crippen molar-refractivity contribution < 1.29 is 27.6 Å². The molecule has 0 aliphatic carbocycles. The second-order valence-electron chi connectivity index (χ2n) is 3.82. The topological polar surface area (TPSA) is 101 Å². The lowest BCUT2D eigenvalue weighted by Gasteiger charge is -2.03. The molecule has 0 radical (unpaired) electrons. The molecule has 0 bridgehead atoms. The van der Waals surface area contributed by atoms with E-state index in [2.05, 4.69) is 0 Å². The molecule has 0 aromatic heterocycles. The smallest absolute Gasteiger partial charge is 0.345 e. The van der Waals surface area contributed by atoms with E-state index in [1.807, 2.05) is 0 Å². The van der Waals surface area contributed by atoms with Crippen molar-refractivity contribution in [3.63, 3.8) is 0 Å². The van der Waals surface area contributed by atoms with Gasteiger partial charge in [-0.25, -0.2) is 4.79 Å². The summed E-state index contributed by atoms with van der Waals surface area (Å²) in [6.45, 7) is 0. The van der Waals surface area contributed by atoms with Crippen molar-refractivity contribution in [1.82, 2.24) is 0 Å². The minimum atomic E-state index is -4.08. The first-order chi connectivity index (χ1) is 7.85. The number of fused-ring (bicyclic) bond motifs is 1. The van der Waals surface area contributed by atoms with E-state index >= 15 is 0 Å². The predicted octanol–water partition coefficient (Wildman–Crippen LogP) is 0.463. The first-order valence-electron chi connectivity index (χ1n) is 4.81. The van der Waals surface area contributed by atoms with E-state index in [0.717, 1.165) is 0 Å². The summed E-state index contributed by atoms with van der Waals surface area (Å²) in [5, 5.41) is 8.78. The Hall–Kier alpha value is -1.60. The van der Waals surface area contributed by atoms with E-state index < -0.39 is 27.9 Å². The fourth-order valence-corrected chi connectivity index (χ4v) is 2.34. The molecular formula is C10H10O6S. The third kappa shape index (κ3) is 2.75. The van der Waals surface area contributed by atoms with E-state index in [0.29, 0.717) is 16.9 Å². The Morgan fingerprint density at radius 1 is 1.47 bits per heavy atom. The highest BCUT2D eigenvalue weighted by Crippen LogP contribution is 2.30. The molecule has 1 aromatic carbocycles. The summed E-state index contributed by atoms with van der Waals surface area (Å²) in [4.78, 5) is 10.7. The Labute approximate surface area is 97.6 Å². The number of carboxylic acid groups (broad SMARTS) is 1. The molecule has 1 aliphatic heterocycles. The summed E-state index contributed by atoms with van der Waals surface area (Å²) < 4.78 is 35.3.